The van der Waals surface area contributed by atoms with Crippen molar-refractivity contribution in [3.8, 4) is 0 Å². The molecule has 0 aliphatic heterocycles. The summed E-state index contributed by atoms with van der Waals surface area (Å²) in [7, 11) is -3.95. The molecule has 0 unspecified atom stereocenters. The molecular weight excluding hydrogens is 331 g/mol. The van der Waals surface area contributed by atoms with E-state index in [4.69, 9.17) is 5.11 Å². The number of thiazole rings is 1. The van der Waals surface area contributed by atoms with Gasteiger partial charge >= 0.3 is 5.97 Å². The summed E-state index contributed by atoms with van der Waals surface area (Å²) in [4.78, 5) is 14.7. The number of halogens is 1. The highest BCUT2D eigenvalue weighted by Crippen LogP contribution is 2.18. The molecule has 0 amide bonds. The molecule has 118 valence electrons. The van der Waals surface area contributed by atoms with Gasteiger partial charge in [0.25, 0.3) is 0 Å². The summed E-state index contributed by atoms with van der Waals surface area (Å²) in [6.07, 6.45) is 0.229. The molecule has 9 heteroatoms. The zero-order chi connectivity index (χ0) is 16.3. The fraction of sp³-hybridized carbons (Fsp3) is 0.231. The van der Waals surface area contributed by atoms with Crippen LogP contribution < -0.4 is 4.72 Å². The van der Waals surface area contributed by atoms with Gasteiger partial charge in [0.15, 0.2) is 0 Å². The normalized spacial score (nSPS) is 11.5. The molecule has 0 saturated heterocycles. The maximum Gasteiger partial charge on any atom is 0.347 e. The molecule has 1 aromatic heterocycles. The van der Waals surface area contributed by atoms with Gasteiger partial charge in [-0.2, -0.15) is 0 Å². The van der Waals surface area contributed by atoms with Crippen molar-refractivity contribution in [1.29, 1.82) is 0 Å². The Morgan fingerprint density at radius 3 is 2.68 bits per heavy atom. The van der Waals surface area contributed by atoms with Crippen LogP contribution in [0.2, 0.25) is 0 Å². The van der Waals surface area contributed by atoms with Gasteiger partial charge in [-0.15, -0.1) is 11.3 Å². The minimum absolute atomic E-state index is 0.00266. The molecule has 2 rings (SSSR count). The number of carboxylic acids is 1. The van der Waals surface area contributed by atoms with Gasteiger partial charge in [0.05, 0.1) is 10.7 Å². The predicted octanol–water partition coefficient (Wildman–Crippen LogP) is 1.81. The van der Waals surface area contributed by atoms with Crippen LogP contribution in [-0.2, 0) is 16.4 Å². The van der Waals surface area contributed by atoms with E-state index in [-0.39, 0.29) is 17.8 Å². The van der Waals surface area contributed by atoms with Crippen LogP contribution in [0.15, 0.2) is 29.2 Å². The summed E-state index contributed by atoms with van der Waals surface area (Å²) >= 11 is 0.998. The minimum Gasteiger partial charge on any atom is -0.477 e. The van der Waals surface area contributed by atoms with E-state index in [1.165, 1.54) is 18.2 Å². The maximum atomic E-state index is 13.5. The Kier molecular flexibility index (Phi) is 4.89. The molecule has 0 atom stereocenters. The molecule has 2 aromatic rings. The number of sulfonamides is 1. The number of carbonyl (C=O) groups is 1. The minimum atomic E-state index is -3.95. The van der Waals surface area contributed by atoms with E-state index in [1.807, 2.05) is 0 Å². The Labute approximate surface area is 130 Å². The topological polar surface area (TPSA) is 96.4 Å². The first kappa shape index (κ1) is 16.5. The monoisotopic (exact) mass is 344 g/mol. The third kappa shape index (κ3) is 3.67. The van der Waals surface area contributed by atoms with E-state index in [0.29, 0.717) is 10.7 Å². The lowest BCUT2D eigenvalue weighted by atomic mass is 10.4. The Morgan fingerprint density at radius 1 is 1.41 bits per heavy atom. The molecule has 0 aliphatic carbocycles. The third-order valence-electron chi connectivity index (χ3n) is 2.79. The number of nitrogens with zero attached hydrogens (tertiary/aromatic N) is 1. The van der Waals surface area contributed by atoms with Crippen LogP contribution in [0, 0.1) is 12.7 Å². The van der Waals surface area contributed by atoms with Crippen LogP contribution in [0.3, 0.4) is 0 Å². The van der Waals surface area contributed by atoms with Gasteiger partial charge in [-0.3, -0.25) is 0 Å². The first-order valence-corrected chi connectivity index (χ1v) is 8.55. The third-order valence-corrected chi connectivity index (χ3v) is 5.49. The van der Waals surface area contributed by atoms with Crippen molar-refractivity contribution in [1.82, 2.24) is 9.71 Å². The number of carboxylic acid groups (broad SMARTS) is 1. The molecule has 0 spiro atoms. The average molecular weight is 344 g/mol. The van der Waals surface area contributed by atoms with Crippen molar-refractivity contribution in [2.24, 2.45) is 0 Å². The predicted molar refractivity (Wildman–Crippen MR) is 79.1 cm³/mol. The number of nitrogens with one attached hydrogen (secondary N) is 1. The molecule has 22 heavy (non-hydrogen) atoms. The molecule has 2 N–H and O–H groups in total. The maximum absolute atomic E-state index is 13.5. The van der Waals surface area contributed by atoms with Gasteiger partial charge in [0.1, 0.15) is 15.6 Å². The van der Waals surface area contributed by atoms with Crippen molar-refractivity contribution in [2.45, 2.75) is 18.2 Å². The molecule has 0 saturated carbocycles. The van der Waals surface area contributed by atoms with E-state index < -0.39 is 26.7 Å². The number of hydrogen-bond acceptors (Lipinski definition) is 5. The van der Waals surface area contributed by atoms with Gasteiger partial charge in [0.2, 0.25) is 10.0 Å². The molecule has 1 aromatic carbocycles. The zero-order valence-electron chi connectivity index (χ0n) is 11.5. The second-order valence-corrected chi connectivity index (χ2v) is 7.22. The molecular formula is C13H13FN2O4S2. The van der Waals surface area contributed by atoms with E-state index in [0.717, 1.165) is 17.4 Å². The first-order valence-electron chi connectivity index (χ1n) is 6.25. The van der Waals surface area contributed by atoms with E-state index in [2.05, 4.69) is 9.71 Å². The highest BCUT2D eigenvalue weighted by Gasteiger charge is 2.19. The van der Waals surface area contributed by atoms with Gasteiger partial charge in [-0.25, -0.2) is 27.3 Å². The van der Waals surface area contributed by atoms with Crippen LogP contribution in [0.1, 0.15) is 20.4 Å². The fourth-order valence-corrected chi connectivity index (χ4v) is 3.80. The van der Waals surface area contributed by atoms with Gasteiger partial charge < -0.3 is 5.11 Å². The number of aromatic carboxylic acids is 1. The Bertz CT molecular complexity index is 802. The number of rotatable bonds is 6. The average Bonchev–Trinajstić information content (AvgIpc) is 2.80. The molecule has 0 bridgehead atoms. The van der Waals surface area contributed by atoms with E-state index in [1.54, 1.807) is 6.92 Å². The van der Waals surface area contributed by atoms with Crippen LogP contribution in [0.5, 0.6) is 0 Å². The number of aryl methyl sites for hydroxylation is 1. The van der Waals surface area contributed by atoms with Crippen molar-refractivity contribution >= 4 is 27.3 Å². The van der Waals surface area contributed by atoms with E-state index >= 15 is 0 Å². The number of benzene rings is 1. The van der Waals surface area contributed by atoms with Gasteiger partial charge in [-0.05, 0) is 19.1 Å². The van der Waals surface area contributed by atoms with Crippen molar-refractivity contribution in [3.63, 3.8) is 0 Å². The smallest absolute Gasteiger partial charge is 0.347 e. The van der Waals surface area contributed by atoms with Crippen LogP contribution in [-0.4, -0.2) is 31.0 Å². The summed E-state index contributed by atoms with van der Waals surface area (Å²) in [5.41, 5.74) is 0.393. The highest BCUT2D eigenvalue weighted by molar-refractivity contribution is 7.89. The van der Waals surface area contributed by atoms with Gasteiger partial charge in [0, 0.05) is 13.0 Å². The van der Waals surface area contributed by atoms with Crippen LogP contribution >= 0.6 is 11.3 Å². The van der Waals surface area contributed by atoms with Crippen molar-refractivity contribution in [3.05, 3.63) is 45.7 Å². The van der Waals surface area contributed by atoms with Crippen molar-refractivity contribution in [2.75, 3.05) is 6.54 Å². The summed E-state index contributed by atoms with van der Waals surface area (Å²) in [5.74, 6) is -1.89. The number of hydrogen-bond donors (Lipinski definition) is 2. The van der Waals surface area contributed by atoms with Gasteiger partial charge in [-0.1, -0.05) is 12.1 Å². The summed E-state index contributed by atoms with van der Waals surface area (Å²) in [6, 6.07) is 5.08. The zero-order valence-corrected chi connectivity index (χ0v) is 13.2. The molecule has 0 fully saturated rings. The largest absolute Gasteiger partial charge is 0.477 e. The second-order valence-electron chi connectivity index (χ2n) is 4.41. The SMILES string of the molecule is Cc1nc(CCNS(=O)(=O)c2ccccc2F)sc1C(=O)O. The molecule has 1 heterocycles. The molecule has 6 nitrogen and oxygen atoms in total. The summed E-state index contributed by atoms with van der Waals surface area (Å²) in [5, 5.41) is 9.44. The summed E-state index contributed by atoms with van der Waals surface area (Å²) < 4.78 is 39.7. The Morgan fingerprint density at radius 2 is 2.09 bits per heavy atom. The summed E-state index contributed by atoms with van der Waals surface area (Å²) in [6.45, 7) is 1.58. The quantitative estimate of drug-likeness (QED) is 0.833. The van der Waals surface area contributed by atoms with E-state index in [9.17, 15) is 17.6 Å². The fourth-order valence-electron chi connectivity index (χ4n) is 1.79. The number of aromatic nitrogens is 1. The lowest BCUT2D eigenvalue weighted by Crippen LogP contribution is -2.26. The molecule has 0 radical (unpaired) electrons. The first-order chi connectivity index (χ1) is 10.3. The second kappa shape index (κ2) is 6.51. The lowest BCUT2D eigenvalue weighted by Gasteiger charge is -2.06. The lowest BCUT2D eigenvalue weighted by molar-refractivity contribution is 0.0701. The van der Waals surface area contributed by atoms with Crippen molar-refractivity contribution < 1.29 is 22.7 Å². The Hall–Kier alpha value is -1.84. The van der Waals surface area contributed by atoms with Crippen LogP contribution in [0.4, 0.5) is 4.39 Å². The Balaban J connectivity index is 2.03. The van der Waals surface area contributed by atoms with Crippen LogP contribution in [0.25, 0.3) is 0 Å². The molecule has 0 aliphatic rings. The highest BCUT2D eigenvalue weighted by atomic mass is 32.2. The standard InChI is InChI=1S/C13H13FN2O4S2/c1-8-12(13(17)18)21-11(16-8)6-7-15-22(19,20)10-5-3-2-4-9(10)14/h2-5,15H,6-7H2,1H3,(H,17,18).